The van der Waals surface area contributed by atoms with Crippen molar-refractivity contribution in [1.29, 1.82) is 0 Å². The number of fused-ring (bicyclic) bond motifs is 1. The predicted octanol–water partition coefficient (Wildman–Crippen LogP) is 1.60. The number of hydrogen-bond acceptors (Lipinski definition) is 4. The molecule has 6 heteroatoms. The van der Waals surface area contributed by atoms with Gasteiger partial charge in [-0.15, -0.1) is 0 Å². The molecule has 0 bridgehead atoms. The van der Waals surface area contributed by atoms with Crippen molar-refractivity contribution in [3.8, 4) is 0 Å². The highest BCUT2D eigenvalue weighted by Gasteiger charge is 2.28. The molecule has 4 rings (SSSR count). The van der Waals surface area contributed by atoms with Crippen LogP contribution in [-0.2, 0) is 11.2 Å². The molecular formula is C19H20N4O2. The van der Waals surface area contributed by atoms with Crippen LogP contribution in [0.1, 0.15) is 22.3 Å². The Morgan fingerprint density at radius 3 is 2.68 bits per heavy atom. The number of carbonyl (C=O) groups is 2. The van der Waals surface area contributed by atoms with E-state index in [9.17, 15) is 9.59 Å². The molecule has 2 aliphatic heterocycles. The number of nitrogens with two attached hydrogens (primary N) is 1. The van der Waals surface area contributed by atoms with E-state index in [0.29, 0.717) is 18.7 Å². The Hall–Kier alpha value is -2.89. The van der Waals surface area contributed by atoms with Crippen LogP contribution in [0, 0.1) is 5.92 Å². The van der Waals surface area contributed by atoms with E-state index >= 15 is 0 Å². The van der Waals surface area contributed by atoms with Crippen LogP contribution in [0.5, 0.6) is 0 Å². The van der Waals surface area contributed by atoms with Gasteiger partial charge in [0.15, 0.2) is 0 Å². The number of amides is 2. The molecule has 2 N–H and O–H groups in total. The maximum atomic E-state index is 12.8. The molecule has 0 unspecified atom stereocenters. The third-order valence-electron chi connectivity index (χ3n) is 5.04. The Morgan fingerprint density at radius 1 is 1.12 bits per heavy atom. The second-order valence-corrected chi connectivity index (χ2v) is 6.57. The van der Waals surface area contributed by atoms with Crippen molar-refractivity contribution in [2.45, 2.75) is 12.8 Å². The number of para-hydroxylation sites is 1. The van der Waals surface area contributed by atoms with Crippen molar-refractivity contribution in [3.63, 3.8) is 0 Å². The molecule has 2 aliphatic rings. The summed E-state index contributed by atoms with van der Waals surface area (Å²) < 4.78 is 0. The van der Waals surface area contributed by atoms with E-state index in [4.69, 9.17) is 5.73 Å². The quantitative estimate of drug-likeness (QED) is 0.923. The summed E-state index contributed by atoms with van der Waals surface area (Å²) in [6.45, 7) is 2.05. The summed E-state index contributed by atoms with van der Waals surface area (Å²) in [6.07, 6.45) is 3.26. The van der Waals surface area contributed by atoms with Crippen LogP contribution >= 0.6 is 0 Å². The first-order valence-corrected chi connectivity index (χ1v) is 8.53. The molecule has 1 fully saturated rings. The molecule has 6 nitrogen and oxygen atoms in total. The second-order valence-electron chi connectivity index (χ2n) is 6.57. The number of hydrogen-bond donors (Lipinski definition) is 1. The summed E-state index contributed by atoms with van der Waals surface area (Å²) in [6, 6.07) is 11.7. The van der Waals surface area contributed by atoms with E-state index < -0.39 is 0 Å². The van der Waals surface area contributed by atoms with Crippen molar-refractivity contribution in [1.82, 2.24) is 4.98 Å². The normalized spacial score (nSPS) is 19.1. The first kappa shape index (κ1) is 15.6. The minimum atomic E-state index is -0.262. The van der Waals surface area contributed by atoms with Crippen LogP contribution in [0.15, 0.2) is 42.6 Å². The Balaban J connectivity index is 1.49. The SMILES string of the molecule is NC(=O)[C@@H]1CCN(c2ccc(C(=O)N3CCc4ccccc43)cn2)C1. The Morgan fingerprint density at radius 2 is 1.96 bits per heavy atom. The smallest absolute Gasteiger partial charge is 0.259 e. The van der Waals surface area contributed by atoms with E-state index in [2.05, 4.69) is 11.1 Å². The molecule has 1 aromatic carbocycles. The van der Waals surface area contributed by atoms with Gasteiger partial charge in [0.25, 0.3) is 5.91 Å². The number of anilines is 2. The van der Waals surface area contributed by atoms with Gasteiger partial charge in [-0.05, 0) is 36.6 Å². The maximum absolute atomic E-state index is 12.8. The highest BCUT2D eigenvalue weighted by Crippen LogP contribution is 2.29. The molecule has 0 spiro atoms. The number of rotatable bonds is 3. The highest BCUT2D eigenvalue weighted by molar-refractivity contribution is 6.07. The molecule has 25 heavy (non-hydrogen) atoms. The molecule has 2 amide bonds. The number of aromatic nitrogens is 1. The lowest BCUT2D eigenvalue weighted by atomic mass is 10.1. The fourth-order valence-electron chi connectivity index (χ4n) is 3.61. The lowest BCUT2D eigenvalue weighted by Crippen LogP contribution is -2.29. The van der Waals surface area contributed by atoms with Gasteiger partial charge in [-0.25, -0.2) is 4.98 Å². The van der Waals surface area contributed by atoms with Gasteiger partial charge in [-0.1, -0.05) is 18.2 Å². The van der Waals surface area contributed by atoms with Gasteiger partial charge in [0, 0.05) is 31.5 Å². The highest BCUT2D eigenvalue weighted by atomic mass is 16.2. The third-order valence-corrected chi connectivity index (χ3v) is 5.04. The van der Waals surface area contributed by atoms with Gasteiger partial charge < -0.3 is 15.5 Å². The lowest BCUT2D eigenvalue weighted by molar-refractivity contribution is -0.121. The average Bonchev–Trinajstić information content (AvgIpc) is 3.29. The van der Waals surface area contributed by atoms with Gasteiger partial charge in [0.05, 0.1) is 11.5 Å². The molecule has 128 valence electrons. The van der Waals surface area contributed by atoms with E-state index in [0.717, 1.165) is 30.9 Å². The fourth-order valence-corrected chi connectivity index (χ4v) is 3.61. The molecule has 1 atom stereocenters. The van der Waals surface area contributed by atoms with Gasteiger partial charge in [-0.2, -0.15) is 0 Å². The van der Waals surface area contributed by atoms with Gasteiger partial charge in [0.2, 0.25) is 5.91 Å². The largest absolute Gasteiger partial charge is 0.369 e. The molecule has 1 aromatic heterocycles. The number of benzene rings is 1. The number of pyridine rings is 1. The summed E-state index contributed by atoms with van der Waals surface area (Å²) in [7, 11) is 0. The molecule has 0 saturated carbocycles. The minimum Gasteiger partial charge on any atom is -0.369 e. The molecule has 0 aliphatic carbocycles. The Bertz CT molecular complexity index is 818. The van der Waals surface area contributed by atoms with E-state index in [1.54, 1.807) is 6.20 Å². The molecule has 3 heterocycles. The van der Waals surface area contributed by atoms with Crippen LogP contribution in [0.2, 0.25) is 0 Å². The van der Waals surface area contributed by atoms with Crippen LogP contribution in [0.4, 0.5) is 11.5 Å². The van der Waals surface area contributed by atoms with E-state index in [1.807, 2.05) is 40.1 Å². The van der Waals surface area contributed by atoms with Crippen LogP contribution in [-0.4, -0.2) is 36.4 Å². The molecular weight excluding hydrogens is 316 g/mol. The Kier molecular flexibility index (Phi) is 3.87. The van der Waals surface area contributed by atoms with Crippen molar-refractivity contribution >= 4 is 23.3 Å². The molecule has 1 saturated heterocycles. The van der Waals surface area contributed by atoms with Crippen LogP contribution in [0.3, 0.4) is 0 Å². The van der Waals surface area contributed by atoms with E-state index in [1.165, 1.54) is 5.56 Å². The molecule has 2 aromatic rings. The third kappa shape index (κ3) is 2.84. The van der Waals surface area contributed by atoms with Gasteiger partial charge >= 0.3 is 0 Å². The number of nitrogens with zero attached hydrogens (tertiary/aromatic N) is 3. The van der Waals surface area contributed by atoms with Crippen LogP contribution in [0.25, 0.3) is 0 Å². The first-order valence-electron chi connectivity index (χ1n) is 8.53. The van der Waals surface area contributed by atoms with Gasteiger partial charge in [0.1, 0.15) is 5.82 Å². The summed E-state index contributed by atoms with van der Waals surface area (Å²) >= 11 is 0. The van der Waals surface area contributed by atoms with Crippen molar-refractivity contribution in [2.24, 2.45) is 11.7 Å². The average molecular weight is 336 g/mol. The topological polar surface area (TPSA) is 79.5 Å². The summed E-state index contributed by atoms with van der Waals surface area (Å²) in [5, 5.41) is 0. The fraction of sp³-hybridized carbons (Fsp3) is 0.316. The molecule has 0 radical (unpaired) electrons. The predicted molar refractivity (Wildman–Crippen MR) is 95.6 cm³/mol. The first-order chi connectivity index (χ1) is 12.1. The zero-order valence-electron chi connectivity index (χ0n) is 13.9. The van der Waals surface area contributed by atoms with Crippen molar-refractivity contribution < 1.29 is 9.59 Å². The summed E-state index contributed by atoms with van der Waals surface area (Å²) in [4.78, 5) is 32.4. The monoisotopic (exact) mass is 336 g/mol. The van der Waals surface area contributed by atoms with Crippen molar-refractivity contribution in [3.05, 3.63) is 53.7 Å². The second kappa shape index (κ2) is 6.20. The van der Waals surface area contributed by atoms with E-state index in [-0.39, 0.29) is 17.7 Å². The summed E-state index contributed by atoms with van der Waals surface area (Å²) in [5.74, 6) is 0.369. The standard InChI is InChI=1S/C19H20N4O2/c20-18(24)15-7-9-22(12-15)17-6-5-14(11-21-17)19(25)23-10-8-13-3-1-2-4-16(13)23/h1-6,11,15H,7-10,12H2,(H2,20,24)/t15-/m1/s1. The Labute approximate surface area is 146 Å². The zero-order valence-corrected chi connectivity index (χ0v) is 13.9. The zero-order chi connectivity index (χ0) is 17.4. The van der Waals surface area contributed by atoms with Crippen molar-refractivity contribution in [2.75, 3.05) is 29.4 Å². The summed E-state index contributed by atoms with van der Waals surface area (Å²) in [5.41, 5.74) is 8.14. The van der Waals surface area contributed by atoms with Crippen LogP contribution < -0.4 is 15.5 Å². The maximum Gasteiger partial charge on any atom is 0.259 e. The number of primary amides is 1. The van der Waals surface area contributed by atoms with Gasteiger partial charge in [-0.3, -0.25) is 9.59 Å². The number of carbonyl (C=O) groups excluding carboxylic acids is 2. The minimum absolute atomic E-state index is 0.0274. The lowest BCUT2D eigenvalue weighted by Gasteiger charge is -2.19.